The molecule has 0 spiro atoms. The standard InChI is InChI=1S/C28H30N6O5/c35-25-17-37-23-7-8-24(32-27(23)33-25)34-16-21(39-28(34)36)10-12-29-14-18-3-1-4-19(13-18)22-5-2-6-26(31-22)38-20-9-11-30-15-20/h1-8,13,20-21,29-30H,9-12,14-17H2,(H,32,33,35)/t20-,21+/m1/s1. The Morgan fingerprint density at radius 2 is 2.03 bits per heavy atom. The number of carbonyl (C=O) groups is 2. The second-order valence-electron chi connectivity index (χ2n) is 9.73. The first-order valence-corrected chi connectivity index (χ1v) is 13.2. The maximum Gasteiger partial charge on any atom is 0.415 e. The average Bonchev–Trinajstić information content (AvgIpc) is 3.60. The smallest absolute Gasteiger partial charge is 0.415 e. The lowest BCUT2D eigenvalue weighted by molar-refractivity contribution is -0.118. The number of nitrogens with one attached hydrogen (secondary N) is 3. The number of ether oxygens (including phenoxy) is 3. The van der Waals surface area contributed by atoms with Gasteiger partial charge in [-0.05, 0) is 55.8 Å². The van der Waals surface area contributed by atoms with Crippen LogP contribution in [0.25, 0.3) is 11.3 Å². The van der Waals surface area contributed by atoms with E-state index in [0.29, 0.717) is 49.3 Å². The minimum atomic E-state index is -0.453. The molecule has 6 rings (SSSR count). The Balaban J connectivity index is 1.000. The zero-order chi connectivity index (χ0) is 26.6. The van der Waals surface area contributed by atoms with Crippen LogP contribution < -0.4 is 30.3 Å². The van der Waals surface area contributed by atoms with Crippen LogP contribution in [0.3, 0.4) is 0 Å². The highest BCUT2D eigenvalue weighted by Gasteiger charge is 2.33. The Hall–Kier alpha value is -4.22. The minimum Gasteiger partial charge on any atom is -0.480 e. The summed E-state index contributed by atoms with van der Waals surface area (Å²) >= 11 is 0. The largest absolute Gasteiger partial charge is 0.480 e. The van der Waals surface area contributed by atoms with Crippen LogP contribution in [0.2, 0.25) is 0 Å². The predicted molar refractivity (Wildman–Crippen MR) is 144 cm³/mol. The quantitative estimate of drug-likeness (QED) is 0.358. The number of aromatic nitrogens is 2. The van der Waals surface area contributed by atoms with Crippen molar-refractivity contribution in [1.29, 1.82) is 0 Å². The number of fused-ring (bicyclic) bond motifs is 1. The van der Waals surface area contributed by atoms with E-state index in [0.717, 1.165) is 36.3 Å². The Kier molecular flexibility index (Phi) is 7.24. The minimum absolute atomic E-state index is 0.0450. The van der Waals surface area contributed by atoms with Gasteiger partial charge in [-0.3, -0.25) is 9.69 Å². The molecule has 0 unspecified atom stereocenters. The number of nitrogens with zero attached hydrogens (tertiary/aromatic N) is 3. The second-order valence-corrected chi connectivity index (χ2v) is 9.73. The summed E-state index contributed by atoms with van der Waals surface area (Å²) in [6, 6.07) is 17.5. The molecule has 3 aliphatic rings. The van der Waals surface area contributed by atoms with Gasteiger partial charge in [-0.2, -0.15) is 0 Å². The summed E-state index contributed by atoms with van der Waals surface area (Å²) in [5, 5.41) is 9.41. The normalized spacial score (nSPS) is 20.3. The lowest BCUT2D eigenvalue weighted by atomic mass is 10.1. The van der Waals surface area contributed by atoms with Crippen LogP contribution in [0.15, 0.2) is 54.6 Å². The number of hydrogen-bond donors (Lipinski definition) is 3. The Morgan fingerprint density at radius 3 is 2.92 bits per heavy atom. The summed E-state index contributed by atoms with van der Waals surface area (Å²) in [4.78, 5) is 34.6. The molecule has 2 amide bonds. The van der Waals surface area contributed by atoms with Crippen LogP contribution in [-0.4, -0.2) is 67.0 Å². The molecule has 3 aromatic rings. The fraction of sp³-hybridized carbons (Fsp3) is 0.357. The zero-order valence-electron chi connectivity index (χ0n) is 21.4. The van der Waals surface area contributed by atoms with Crippen molar-refractivity contribution in [2.75, 3.05) is 43.0 Å². The average molecular weight is 531 g/mol. The molecule has 2 atom stereocenters. The lowest BCUT2D eigenvalue weighted by Crippen LogP contribution is -2.29. The summed E-state index contributed by atoms with van der Waals surface area (Å²) in [6.45, 7) is 3.52. The van der Waals surface area contributed by atoms with Crippen LogP contribution in [-0.2, 0) is 16.1 Å². The van der Waals surface area contributed by atoms with Gasteiger partial charge in [0.25, 0.3) is 5.91 Å². The molecule has 1 aromatic carbocycles. The van der Waals surface area contributed by atoms with Crippen LogP contribution in [0.5, 0.6) is 11.6 Å². The molecule has 0 aliphatic carbocycles. The van der Waals surface area contributed by atoms with Gasteiger partial charge in [0.1, 0.15) is 18.0 Å². The summed E-state index contributed by atoms with van der Waals surface area (Å²) in [6.07, 6.45) is 1.10. The van der Waals surface area contributed by atoms with Gasteiger partial charge in [-0.15, -0.1) is 0 Å². The molecule has 11 nitrogen and oxygen atoms in total. The molecule has 39 heavy (non-hydrogen) atoms. The van der Waals surface area contributed by atoms with E-state index < -0.39 is 6.09 Å². The molecule has 11 heteroatoms. The second kappa shape index (κ2) is 11.3. The van der Waals surface area contributed by atoms with Gasteiger partial charge in [0.2, 0.25) is 5.88 Å². The fourth-order valence-electron chi connectivity index (χ4n) is 4.84. The molecule has 2 fully saturated rings. The van der Waals surface area contributed by atoms with Gasteiger partial charge >= 0.3 is 6.09 Å². The predicted octanol–water partition coefficient (Wildman–Crippen LogP) is 2.72. The van der Waals surface area contributed by atoms with E-state index in [1.165, 1.54) is 4.90 Å². The van der Waals surface area contributed by atoms with E-state index in [9.17, 15) is 9.59 Å². The maximum absolute atomic E-state index is 12.5. The first-order valence-electron chi connectivity index (χ1n) is 13.2. The van der Waals surface area contributed by atoms with Gasteiger partial charge in [-0.1, -0.05) is 24.3 Å². The summed E-state index contributed by atoms with van der Waals surface area (Å²) in [7, 11) is 0. The molecular weight excluding hydrogens is 500 g/mol. The molecule has 0 radical (unpaired) electrons. The Morgan fingerprint density at radius 1 is 1.10 bits per heavy atom. The highest BCUT2D eigenvalue weighted by Crippen LogP contribution is 2.30. The van der Waals surface area contributed by atoms with Crippen LogP contribution in [0.1, 0.15) is 18.4 Å². The SMILES string of the molecule is O=C1COc2ccc(N3C[C@H](CCNCc4cccc(-c5cccc(O[C@@H]6CCNC6)n5)c4)OC3=O)nc2N1. The number of amides is 2. The van der Waals surface area contributed by atoms with Crippen molar-refractivity contribution in [3.63, 3.8) is 0 Å². The molecule has 2 saturated heterocycles. The third-order valence-electron chi connectivity index (χ3n) is 6.83. The van der Waals surface area contributed by atoms with E-state index in [2.05, 4.69) is 33.1 Å². The van der Waals surface area contributed by atoms with E-state index in [4.69, 9.17) is 19.2 Å². The van der Waals surface area contributed by atoms with Gasteiger partial charge in [0, 0.05) is 24.7 Å². The number of anilines is 2. The third-order valence-corrected chi connectivity index (χ3v) is 6.83. The molecule has 3 N–H and O–H groups in total. The molecule has 2 aromatic heterocycles. The van der Waals surface area contributed by atoms with Crippen LogP contribution >= 0.6 is 0 Å². The van der Waals surface area contributed by atoms with Crippen molar-refractivity contribution >= 4 is 23.6 Å². The van der Waals surface area contributed by atoms with Gasteiger partial charge in [0.15, 0.2) is 18.2 Å². The Labute approximate surface area is 225 Å². The van der Waals surface area contributed by atoms with E-state index in [1.807, 2.05) is 30.3 Å². The van der Waals surface area contributed by atoms with Crippen molar-refractivity contribution < 1.29 is 23.8 Å². The molecule has 5 heterocycles. The number of benzene rings is 1. The maximum atomic E-state index is 12.5. The zero-order valence-corrected chi connectivity index (χ0v) is 21.4. The number of rotatable bonds is 9. The molecule has 3 aliphatic heterocycles. The monoisotopic (exact) mass is 530 g/mol. The van der Waals surface area contributed by atoms with Gasteiger partial charge < -0.3 is 30.2 Å². The highest BCUT2D eigenvalue weighted by molar-refractivity contribution is 5.95. The van der Waals surface area contributed by atoms with Crippen molar-refractivity contribution in [2.24, 2.45) is 0 Å². The van der Waals surface area contributed by atoms with Crippen molar-refractivity contribution in [3.05, 3.63) is 60.2 Å². The van der Waals surface area contributed by atoms with E-state index in [1.54, 1.807) is 12.1 Å². The van der Waals surface area contributed by atoms with E-state index >= 15 is 0 Å². The summed E-state index contributed by atoms with van der Waals surface area (Å²) < 4.78 is 16.9. The van der Waals surface area contributed by atoms with Gasteiger partial charge in [0.05, 0.1) is 12.2 Å². The van der Waals surface area contributed by atoms with E-state index in [-0.39, 0.29) is 24.7 Å². The topological polar surface area (TPSA) is 127 Å². The van der Waals surface area contributed by atoms with Crippen LogP contribution in [0.4, 0.5) is 16.4 Å². The van der Waals surface area contributed by atoms with Gasteiger partial charge in [-0.25, -0.2) is 14.8 Å². The number of carbonyl (C=O) groups excluding carboxylic acids is 2. The fourth-order valence-corrected chi connectivity index (χ4v) is 4.84. The third kappa shape index (κ3) is 5.94. The number of cyclic esters (lactones) is 1. The highest BCUT2D eigenvalue weighted by atomic mass is 16.6. The molecule has 0 bridgehead atoms. The number of hydrogen-bond acceptors (Lipinski definition) is 9. The first kappa shape index (κ1) is 25.1. The van der Waals surface area contributed by atoms with Crippen molar-refractivity contribution in [1.82, 2.24) is 20.6 Å². The molecular formula is C28H30N6O5. The summed E-state index contributed by atoms with van der Waals surface area (Å²) in [5.74, 6) is 1.58. The number of pyridine rings is 2. The molecule has 0 saturated carbocycles. The van der Waals surface area contributed by atoms with Crippen molar-refractivity contribution in [3.8, 4) is 22.9 Å². The molecule has 202 valence electrons. The lowest BCUT2D eigenvalue weighted by Gasteiger charge is -2.19. The summed E-state index contributed by atoms with van der Waals surface area (Å²) in [5.41, 5.74) is 3.04. The van der Waals surface area contributed by atoms with Crippen molar-refractivity contribution in [2.45, 2.75) is 31.6 Å². The first-order chi connectivity index (χ1) is 19.1. The Bertz CT molecular complexity index is 1360. The van der Waals surface area contributed by atoms with Crippen LogP contribution in [0, 0.1) is 0 Å².